The van der Waals surface area contributed by atoms with Crippen LogP contribution in [-0.2, 0) is 20.8 Å². The first-order valence-corrected chi connectivity index (χ1v) is 14.3. The van der Waals surface area contributed by atoms with Crippen molar-refractivity contribution in [3.8, 4) is 5.75 Å². The van der Waals surface area contributed by atoms with Crippen LogP contribution in [0.4, 0.5) is 0 Å². The van der Waals surface area contributed by atoms with Crippen molar-refractivity contribution in [1.82, 2.24) is 10.6 Å². The van der Waals surface area contributed by atoms with E-state index in [0.29, 0.717) is 17.9 Å². The molecule has 1 aliphatic rings. The van der Waals surface area contributed by atoms with Gasteiger partial charge in [0, 0.05) is 19.4 Å². The highest BCUT2D eigenvalue weighted by Gasteiger charge is 2.31. The minimum atomic E-state index is -1.43. The van der Waals surface area contributed by atoms with Gasteiger partial charge in [0.15, 0.2) is 5.78 Å². The summed E-state index contributed by atoms with van der Waals surface area (Å²) in [6.45, 7) is 7.20. The van der Waals surface area contributed by atoms with E-state index in [1.54, 1.807) is 31.4 Å². The molecule has 1 saturated heterocycles. The van der Waals surface area contributed by atoms with E-state index in [9.17, 15) is 14.4 Å². The van der Waals surface area contributed by atoms with Crippen molar-refractivity contribution in [2.24, 2.45) is 5.92 Å². The fourth-order valence-electron chi connectivity index (χ4n) is 3.78. The molecule has 0 saturated carbocycles. The van der Waals surface area contributed by atoms with Crippen molar-refractivity contribution in [3.05, 3.63) is 59.7 Å². The van der Waals surface area contributed by atoms with Gasteiger partial charge in [-0.2, -0.15) is 0 Å². The highest BCUT2D eigenvalue weighted by Crippen LogP contribution is 2.22. The van der Waals surface area contributed by atoms with Gasteiger partial charge in [0.1, 0.15) is 11.8 Å². The Hall–Kier alpha value is -2.93. The zero-order valence-corrected chi connectivity index (χ0v) is 20.2. The van der Waals surface area contributed by atoms with Crippen molar-refractivity contribution < 1.29 is 19.1 Å². The second-order valence-corrected chi connectivity index (χ2v) is 14.0. The van der Waals surface area contributed by atoms with Gasteiger partial charge in [-0.3, -0.25) is 14.4 Å². The van der Waals surface area contributed by atoms with Crippen LogP contribution in [0.15, 0.2) is 48.5 Å². The second kappa shape index (κ2) is 10.1. The normalized spacial score (nSPS) is 16.9. The zero-order chi connectivity index (χ0) is 23.3. The van der Waals surface area contributed by atoms with Crippen LogP contribution in [0.25, 0.3) is 0 Å². The summed E-state index contributed by atoms with van der Waals surface area (Å²) >= 11 is 0. The van der Waals surface area contributed by atoms with Crippen molar-refractivity contribution >= 4 is 30.9 Å². The maximum absolute atomic E-state index is 13.3. The van der Waals surface area contributed by atoms with Gasteiger partial charge < -0.3 is 15.4 Å². The van der Waals surface area contributed by atoms with Crippen molar-refractivity contribution in [2.45, 2.75) is 44.9 Å². The molecule has 0 aliphatic carbocycles. The molecule has 3 rings (SSSR count). The van der Waals surface area contributed by atoms with E-state index in [1.165, 1.54) is 5.19 Å². The minimum absolute atomic E-state index is 0.0967. The molecule has 2 amide bonds. The van der Waals surface area contributed by atoms with Gasteiger partial charge in [-0.15, -0.1) is 0 Å². The van der Waals surface area contributed by atoms with Crippen molar-refractivity contribution in [2.75, 3.05) is 13.7 Å². The Kier molecular flexibility index (Phi) is 7.51. The fraction of sp³-hybridized carbons (Fsp3) is 0.400. The number of rotatable bonds is 9. The molecule has 0 spiro atoms. The maximum Gasteiger partial charge on any atom is 0.226 e. The van der Waals surface area contributed by atoms with Gasteiger partial charge in [0.25, 0.3) is 0 Å². The lowest BCUT2D eigenvalue weighted by Crippen LogP contribution is -2.40. The SMILES string of the molecule is CC[Si](C)(C)c1ccc(CC(=O)C(NC(=O)C2CNC(=O)C2)c2ccc(OC)cc2)cc1. The molecule has 2 atom stereocenters. The molecule has 7 heteroatoms. The van der Waals surface area contributed by atoms with Gasteiger partial charge in [-0.05, 0) is 23.3 Å². The summed E-state index contributed by atoms with van der Waals surface area (Å²) in [5, 5.41) is 6.93. The number of hydrogen-bond acceptors (Lipinski definition) is 4. The first kappa shape index (κ1) is 23.7. The summed E-state index contributed by atoms with van der Waals surface area (Å²) in [6.07, 6.45) is 0.362. The van der Waals surface area contributed by atoms with E-state index in [1.807, 2.05) is 12.1 Å². The Labute approximate surface area is 190 Å². The number of benzene rings is 2. The molecule has 0 bridgehead atoms. The summed E-state index contributed by atoms with van der Waals surface area (Å²) in [6, 6.07) is 15.8. The van der Waals surface area contributed by atoms with Crippen LogP contribution in [0.3, 0.4) is 0 Å². The van der Waals surface area contributed by atoms with Gasteiger partial charge in [-0.1, -0.05) is 67.6 Å². The predicted molar refractivity (Wildman–Crippen MR) is 128 cm³/mol. The van der Waals surface area contributed by atoms with Gasteiger partial charge >= 0.3 is 0 Å². The van der Waals surface area contributed by atoms with Gasteiger partial charge in [-0.25, -0.2) is 0 Å². The van der Waals surface area contributed by atoms with Crippen molar-refractivity contribution in [1.29, 1.82) is 0 Å². The van der Waals surface area contributed by atoms with E-state index in [0.717, 1.165) is 11.6 Å². The Balaban J connectivity index is 1.79. The smallest absolute Gasteiger partial charge is 0.226 e. The monoisotopic (exact) mass is 452 g/mol. The molecule has 32 heavy (non-hydrogen) atoms. The molecule has 1 fully saturated rings. The molecular weight excluding hydrogens is 420 g/mol. The van der Waals surface area contributed by atoms with E-state index < -0.39 is 20.0 Å². The molecule has 0 radical (unpaired) electrons. The number of nitrogens with one attached hydrogen (secondary N) is 2. The molecule has 0 aromatic heterocycles. The van der Waals surface area contributed by atoms with Crippen LogP contribution in [0, 0.1) is 5.92 Å². The first-order valence-electron chi connectivity index (χ1n) is 11.1. The Morgan fingerprint density at radius 2 is 1.78 bits per heavy atom. The summed E-state index contributed by atoms with van der Waals surface area (Å²) in [4.78, 5) is 37.6. The first-order chi connectivity index (χ1) is 15.2. The molecule has 2 aromatic carbocycles. The molecule has 2 aromatic rings. The van der Waals surface area contributed by atoms with Crippen LogP contribution in [0.1, 0.15) is 30.5 Å². The number of ketones is 1. The number of amides is 2. The van der Waals surface area contributed by atoms with Crippen molar-refractivity contribution in [3.63, 3.8) is 0 Å². The Morgan fingerprint density at radius 1 is 1.12 bits per heavy atom. The lowest BCUT2D eigenvalue weighted by atomic mass is 9.96. The fourth-order valence-corrected chi connectivity index (χ4v) is 5.26. The maximum atomic E-state index is 13.3. The largest absolute Gasteiger partial charge is 0.497 e. The molecule has 2 unspecified atom stereocenters. The molecule has 170 valence electrons. The van der Waals surface area contributed by atoms with Crippen LogP contribution < -0.4 is 20.6 Å². The van der Waals surface area contributed by atoms with Crippen LogP contribution in [-0.4, -0.2) is 39.3 Å². The Bertz CT molecular complexity index is 970. The minimum Gasteiger partial charge on any atom is -0.497 e. The summed E-state index contributed by atoms with van der Waals surface area (Å²) < 4.78 is 5.21. The van der Waals surface area contributed by atoms with Crippen LogP contribution in [0.2, 0.25) is 19.1 Å². The van der Waals surface area contributed by atoms with Crippen LogP contribution in [0.5, 0.6) is 5.75 Å². The van der Waals surface area contributed by atoms with Gasteiger partial charge in [0.2, 0.25) is 11.8 Å². The number of Topliss-reactive ketones (excluding diaryl/α,β-unsaturated/α-hetero) is 1. The molecule has 1 aliphatic heterocycles. The highest BCUT2D eigenvalue weighted by atomic mass is 28.3. The quantitative estimate of drug-likeness (QED) is 0.573. The zero-order valence-electron chi connectivity index (χ0n) is 19.2. The second-order valence-electron chi connectivity index (χ2n) is 9.00. The lowest BCUT2D eigenvalue weighted by Gasteiger charge is -2.22. The molecule has 1 heterocycles. The highest BCUT2D eigenvalue weighted by molar-refractivity contribution is 6.89. The summed E-state index contributed by atoms with van der Waals surface area (Å²) in [5.74, 6) is -0.313. The number of carbonyl (C=O) groups excluding carboxylic acids is 3. The van der Waals surface area contributed by atoms with E-state index in [4.69, 9.17) is 4.74 Å². The van der Waals surface area contributed by atoms with Gasteiger partial charge in [0.05, 0.1) is 21.1 Å². The third-order valence-corrected chi connectivity index (χ3v) is 10.1. The molecular formula is C25H32N2O4Si. The summed E-state index contributed by atoms with van der Waals surface area (Å²) in [5.41, 5.74) is 1.61. The lowest BCUT2D eigenvalue weighted by molar-refractivity contribution is -0.130. The summed E-state index contributed by atoms with van der Waals surface area (Å²) in [7, 11) is 0.150. The molecule has 2 N–H and O–H groups in total. The van der Waals surface area contributed by atoms with E-state index in [2.05, 4.69) is 42.8 Å². The number of carbonyl (C=O) groups is 3. The topological polar surface area (TPSA) is 84.5 Å². The van der Waals surface area contributed by atoms with E-state index >= 15 is 0 Å². The average Bonchev–Trinajstić information content (AvgIpc) is 3.24. The number of ether oxygens (including phenoxy) is 1. The third kappa shape index (κ3) is 5.65. The standard InChI is InChI=1S/C25H32N2O4Si/c1-5-32(3,4)21-12-6-17(7-13-21)14-22(28)24(18-8-10-20(31-2)11-9-18)27-25(30)19-15-23(29)26-16-19/h6-13,19,24H,5,14-16H2,1-4H3,(H,26,29)(H,27,30). The number of methoxy groups -OCH3 is 1. The third-order valence-electron chi connectivity index (χ3n) is 6.40. The van der Waals surface area contributed by atoms with Crippen LogP contribution >= 0.6 is 0 Å². The average molecular weight is 453 g/mol. The number of hydrogen-bond donors (Lipinski definition) is 2. The Morgan fingerprint density at radius 3 is 2.31 bits per heavy atom. The van der Waals surface area contributed by atoms with E-state index in [-0.39, 0.29) is 30.4 Å². The molecule has 6 nitrogen and oxygen atoms in total. The predicted octanol–water partition coefficient (Wildman–Crippen LogP) is 2.74.